The molecule has 1 aliphatic heterocycles. The molecule has 0 saturated carbocycles. The van der Waals surface area contributed by atoms with Gasteiger partial charge in [-0.15, -0.1) is 0 Å². The minimum atomic E-state index is 0.0171. The quantitative estimate of drug-likeness (QED) is 0.796. The molecule has 0 aromatic carbocycles. The van der Waals surface area contributed by atoms with Crippen LogP contribution in [0.25, 0.3) is 0 Å². The van der Waals surface area contributed by atoms with Crippen LogP contribution < -0.4 is 5.32 Å². The van der Waals surface area contributed by atoms with Crippen molar-refractivity contribution in [3.05, 3.63) is 24.5 Å². The minimum absolute atomic E-state index is 0.0171. The second-order valence-corrected chi connectivity index (χ2v) is 3.99. The molecule has 2 heterocycles. The van der Waals surface area contributed by atoms with E-state index in [1.807, 2.05) is 12.1 Å². The van der Waals surface area contributed by atoms with Crippen LogP contribution in [0.15, 0.2) is 24.5 Å². The third-order valence-corrected chi connectivity index (χ3v) is 2.65. The summed E-state index contributed by atoms with van der Waals surface area (Å²) in [5.41, 5.74) is 1.13. The van der Waals surface area contributed by atoms with Gasteiger partial charge in [0.05, 0.1) is 5.60 Å². The molecular formula is C11H16N2O. The summed E-state index contributed by atoms with van der Waals surface area (Å²) >= 11 is 0. The van der Waals surface area contributed by atoms with Crippen LogP contribution in [0, 0.1) is 0 Å². The zero-order valence-electron chi connectivity index (χ0n) is 8.49. The highest BCUT2D eigenvalue weighted by atomic mass is 16.5. The average Bonchev–Trinajstić information content (AvgIpc) is 2.65. The number of pyridine rings is 1. The number of nitrogens with one attached hydrogen (secondary N) is 1. The van der Waals surface area contributed by atoms with E-state index in [2.05, 4.69) is 17.2 Å². The Morgan fingerprint density at radius 1 is 1.50 bits per heavy atom. The molecule has 1 aliphatic rings. The Hall–Kier alpha value is -1.09. The van der Waals surface area contributed by atoms with Gasteiger partial charge in [0.25, 0.3) is 0 Å². The Bertz CT molecular complexity index is 281. The predicted molar refractivity (Wildman–Crippen MR) is 56.3 cm³/mol. The van der Waals surface area contributed by atoms with E-state index in [1.165, 1.54) is 6.42 Å². The smallest absolute Gasteiger partial charge is 0.0826 e. The summed E-state index contributed by atoms with van der Waals surface area (Å²) in [5, 5.41) is 3.36. The molecule has 76 valence electrons. The van der Waals surface area contributed by atoms with E-state index in [4.69, 9.17) is 4.74 Å². The lowest BCUT2D eigenvalue weighted by Crippen LogP contribution is -2.32. The Balaban J connectivity index is 1.88. The topological polar surface area (TPSA) is 34.2 Å². The van der Waals surface area contributed by atoms with Crippen LogP contribution in [-0.4, -0.2) is 23.7 Å². The average molecular weight is 192 g/mol. The van der Waals surface area contributed by atoms with Gasteiger partial charge < -0.3 is 10.1 Å². The standard InChI is InChI=1S/C11H16N2O/c1-11(5-2-8-14-11)9-13-10-3-6-12-7-4-10/h3-4,6-7H,2,5,8-9H2,1H3,(H,12,13). The van der Waals surface area contributed by atoms with E-state index in [-0.39, 0.29) is 5.60 Å². The number of rotatable bonds is 3. The van der Waals surface area contributed by atoms with Crippen LogP contribution in [0.5, 0.6) is 0 Å². The molecule has 1 aromatic heterocycles. The summed E-state index contributed by atoms with van der Waals surface area (Å²) in [6.45, 7) is 3.93. The fourth-order valence-electron chi connectivity index (χ4n) is 1.74. The third kappa shape index (κ3) is 2.23. The molecule has 0 aliphatic carbocycles. The molecule has 0 amide bonds. The molecular weight excluding hydrogens is 176 g/mol. The highest BCUT2D eigenvalue weighted by Gasteiger charge is 2.29. The molecule has 1 atom stereocenters. The van der Waals surface area contributed by atoms with Gasteiger partial charge in [-0.2, -0.15) is 0 Å². The summed E-state index contributed by atoms with van der Waals surface area (Å²) < 4.78 is 5.68. The number of aromatic nitrogens is 1. The second kappa shape index (κ2) is 3.96. The van der Waals surface area contributed by atoms with Crippen molar-refractivity contribution in [1.82, 2.24) is 4.98 Å². The number of hydrogen-bond acceptors (Lipinski definition) is 3. The Morgan fingerprint density at radius 3 is 2.93 bits per heavy atom. The first-order valence-electron chi connectivity index (χ1n) is 5.06. The largest absolute Gasteiger partial charge is 0.382 e. The molecule has 14 heavy (non-hydrogen) atoms. The van der Waals surface area contributed by atoms with Gasteiger partial charge in [-0.25, -0.2) is 0 Å². The van der Waals surface area contributed by atoms with E-state index >= 15 is 0 Å². The fraction of sp³-hybridized carbons (Fsp3) is 0.545. The van der Waals surface area contributed by atoms with Gasteiger partial charge in [0.2, 0.25) is 0 Å². The van der Waals surface area contributed by atoms with Crippen molar-refractivity contribution in [1.29, 1.82) is 0 Å². The van der Waals surface area contributed by atoms with Crippen molar-refractivity contribution in [3.8, 4) is 0 Å². The first-order valence-corrected chi connectivity index (χ1v) is 5.06. The highest BCUT2D eigenvalue weighted by Crippen LogP contribution is 2.25. The maximum Gasteiger partial charge on any atom is 0.0826 e. The normalized spacial score (nSPS) is 26.4. The molecule has 0 spiro atoms. The van der Waals surface area contributed by atoms with E-state index in [1.54, 1.807) is 12.4 Å². The predicted octanol–water partition coefficient (Wildman–Crippen LogP) is 2.06. The lowest BCUT2D eigenvalue weighted by Gasteiger charge is -2.23. The van der Waals surface area contributed by atoms with Crippen LogP contribution in [0.1, 0.15) is 19.8 Å². The number of hydrogen-bond donors (Lipinski definition) is 1. The lowest BCUT2D eigenvalue weighted by molar-refractivity contribution is 0.0315. The van der Waals surface area contributed by atoms with E-state index in [0.717, 1.165) is 25.3 Å². The molecule has 1 fully saturated rings. The highest BCUT2D eigenvalue weighted by molar-refractivity contribution is 5.41. The second-order valence-electron chi connectivity index (χ2n) is 3.99. The van der Waals surface area contributed by atoms with Gasteiger partial charge in [-0.05, 0) is 31.9 Å². The zero-order chi connectivity index (χ0) is 9.86. The number of anilines is 1. The van der Waals surface area contributed by atoms with E-state index < -0.39 is 0 Å². The van der Waals surface area contributed by atoms with Crippen LogP contribution in [0.3, 0.4) is 0 Å². The molecule has 1 unspecified atom stereocenters. The van der Waals surface area contributed by atoms with E-state index in [0.29, 0.717) is 0 Å². The molecule has 1 aromatic rings. The fourth-order valence-corrected chi connectivity index (χ4v) is 1.74. The molecule has 0 radical (unpaired) electrons. The van der Waals surface area contributed by atoms with Crippen LogP contribution >= 0.6 is 0 Å². The summed E-state index contributed by atoms with van der Waals surface area (Å²) in [6.07, 6.45) is 5.90. The van der Waals surface area contributed by atoms with Crippen LogP contribution in [-0.2, 0) is 4.74 Å². The summed E-state index contributed by atoms with van der Waals surface area (Å²) in [5.74, 6) is 0. The number of nitrogens with zero attached hydrogens (tertiary/aromatic N) is 1. The minimum Gasteiger partial charge on any atom is -0.382 e. The van der Waals surface area contributed by atoms with Crippen molar-refractivity contribution < 1.29 is 4.74 Å². The van der Waals surface area contributed by atoms with Gasteiger partial charge in [0, 0.05) is 31.2 Å². The van der Waals surface area contributed by atoms with E-state index in [9.17, 15) is 0 Å². The van der Waals surface area contributed by atoms with Crippen LogP contribution in [0.4, 0.5) is 5.69 Å². The van der Waals surface area contributed by atoms with Gasteiger partial charge in [0.15, 0.2) is 0 Å². The Kier molecular flexibility index (Phi) is 2.68. The van der Waals surface area contributed by atoms with Gasteiger partial charge in [-0.1, -0.05) is 0 Å². The van der Waals surface area contributed by atoms with Gasteiger partial charge in [-0.3, -0.25) is 4.98 Å². The first kappa shape index (κ1) is 9.46. The van der Waals surface area contributed by atoms with Crippen LogP contribution in [0.2, 0.25) is 0 Å². The summed E-state index contributed by atoms with van der Waals surface area (Å²) in [6, 6.07) is 3.94. The SMILES string of the molecule is CC1(CNc2ccncc2)CCCO1. The van der Waals surface area contributed by atoms with Crippen molar-refractivity contribution >= 4 is 5.69 Å². The van der Waals surface area contributed by atoms with Crippen molar-refractivity contribution in [2.45, 2.75) is 25.4 Å². The summed E-state index contributed by atoms with van der Waals surface area (Å²) in [7, 11) is 0. The van der Waals surface area contributed by atoms with Crippen molar-refractivity contribution in [2.24, 2.45) is 0 Å². The first-order chi connectivity index (χ1) is 6.79. The zero-order valence-corrected chi connectivity index (χ0v) is 8.49. The molecule has 2 rings (SSSR count). The molecule has 1 N–H and O–H groups in total. The molecule has 3 heteroatoms. The van der Waals surface area contributed by atoms with Crippen molar-refractivity contribution in [3.63, 3.8) is 0 Å². The maximum absolute atomic E-state index is 5.68. The Labute approximate surface area is 84.5 Å². The third-order valence-electron chi connectivity index (χ3n) is 2.65. The summed E-state index contributed by atoms with van der Waals surface area (Å²) in [4.78, 5) is 3.97. The monoisotopic (exact) mass is 192 g/mol. The van der Waals surface area contributed by atoms with Gasteiger partial charge >= 0.3 is 0 Å². The molecule has 1 saturated heterocycles. The molecule has 0 bridgehead atoms. The van der Waals surface area contributed by atoms with Gasteiger partial charge in [0.1, 0.15) is 0 Å². The lowest BCUT2D eigenvalue weighted by atomic mass is 10.0. The van der Waals surface area contributed by atoms with Crippen molar-refractivity contribution in [2.75, 3.05) is 18.5 Å². The maximum atomic E-state index is 5.68. The number of ether oxygens (including phenoxy) is 1. The molecule has 3 nitrogen and oxygen atoms in total. The Morgan fingerprint density at radius 2 is 2.29 bits per heavy atom.